The van der Waals surface area contributed by atoms with E-state index in [9.17, 15) is 9.59 Å². The van der Waals surface area contributed by atoms with Crippen LogP contribution in [0.4, 0.5) is 0 Å². The number of H-pyrrole nitrogens is 1. The first-order valence-corrected chi connectivity index (χ1v) is 14.5. The van der Waals surface area contributed by atoms with Gasteiger partial charge in [-0.2, -0.15) is 0 Å². The average Bonchev–Trinajstić information content (AvgIpc) is 3.31. The summed E-state index contributed by atoms with van der Waals surface area (Å²) in [6.45, 7) is 8.52. The Morgan fingerprint density at radius 1 is 1.02 bits per heavy atom. The van der Waals surface area contributed by atoms with Gasteiger partial charge in [-0.05, 0) is 84.2 Å². The fourth-order valence-corrected chi connectivity index (χ4v) is 7.01. The zero-order valence-corrected chi connectivity index (χ0v) is 24.8. The molecule has 6 rings (SSSR count). The number of carbonyl (C=O) groups excluding carboxylic acids is 1. The highest BCUT2D eigenvalue weighted by atomic mass is 16.7. The molecule has 2 aromatic heterocycles. The number of fused-ring (bicyclic) bond motifs is 2. The summed E-state index contributed by atoms with van der Waals surface area (Å²) in [6, 6.07) is 2.51. The van der Waals surface area contributed by atoms with E-state index in [1.807, 2.05) is 33.8 Å². The monoisotopic (exact) mass is 557 g/mol. The molecule has 41 heavy (non-hydrogen) atoms. The zero-order chi connectivity index (χ0) is 29.1. The molecule has 3 aromatic rings. The van der Waals surface area contributed by atoms with Gasteiger partial charge in [-0.1, -0.05) is 0 Å². The Morgan fingerprint density at radius 3 is 2.37 bits per heavy atom. The number of ether oxygens (including phenoxy) is 2. The van der Waals surface area contributed by atoms with Gasteiger partial charge < -0.3 is 24.3 Å². The molecule has 2 aliphatic heterocycles. The normalized spacial score (nSPS) is 23.7. The maximum absolute atomic E-state index is 14.2. The summed E-state index contributed by atoms with van der Waals surface area (Å²) in [5.41, 5.74) is 6.13. The molecule has 216 valence electrons. The van der Waals surface area contributed by atoms with Crippen LogP contribution in [0.1, 0.15) is 70.9 Å². The number of benzene rings is 1. The molecule has 1 N–H and O–H groups in total. The zero-order valence-electron chi connectivity index (χ0n) is 24.8. The first kappa shape index (κ1) is 27.4. The van der Waals surface area contributed by atoms with Crippen molar-refractivity contribution in [1.29, 1.82) is 0 Å². The van der Waals surface area contributed by atoms with Crippen molar-refractivity contribution in [3.05, 3.63) is 68.7 Å². The number of nitrogens with zero attached hydrogens (tertiary/aromatic N) is 4. The second kappa shape index (κ2) is 10.3. The number of hydrogen-bond acceptors (Lipinski definition) is 7. The van der Waals surface area contributed by atoms with Crippen molar-refractivity contribution in [2.24, 2.45) is 5.92 Å². The molecule has 1 atom stereocenters. The fourth-order valence-electron chi connectivity index (χ4n) is 7.01. The minimum Gasteiger partial charge on any atom is -0.448 e. The molecule has 1 amide bonds. The van der Waals surface area contributed by atoms with Crippen molar-refractivity contribution >= 4 is 5.91 Å². The van der Waals surface area contributed by atoms with Gasteiger partial charge in [0.15, 0.2) is 11.5 Å². The number of carbonyl (C=O) groups is 1. The van der Waals surface area contributed by atoms with Crippen molar-refractivity contribution in [3.63, 3.8) is 0 Å². The van der Waals surface area contributed by atoms with Crippen molar-refractivity contribution in [3.8, 4) is 22.6 Å². The summed E-state index contributed by atoms with van der Waals surface area (Å²) in [6.07, 6.45) is 9.86. The van der Waals surface area contributed by atoms with Crippen LogP contribution in [-0.2, 0) is 13.0 Å². The molecule has 1 unspecified atom stereocenters. The van der Waals surface area contributed by atoms with E-state index in [2.05, 4.69) is 33.9 Å². The second-order valence-electron chi connectivity index (χ2n) is 12.2. The molecule has 1 saturated carbocycles. The highest BCUT2D eigenvalue weighted by molar-refractivity contribution is 6.02. The Bertz CT molecular complexity index is 1560. The molecule has 0 bridgehead atoms. The quantitative estimate of drug-likeness (QED) is 0.491. The van der Waals surface area contributed by atoms with E-state index in [1.54, 1.807) is 17.3 Å². The van der Waals surface area contributed by atoms with Crippen molar-refractivity contribution in [2.75, 3.05) is 20.6 Å². The highest BCUT2D eigenvalue weighted by Gasteiger charge is 2.49. The van der Waals surface area contributed by atoms with Gasteiger partial charge >= 0.3 is 0 Å². The molecule has 9 nitrogen and oxygen atoms in total. The lowest BCUT2D eigenvalue weighted by atomic mass is 9.81. The number of hydrogen-bond donors (Lipinski definition) is 1. The summed E-state index contributed by atoms with van der Waals surface area (Å²) < 4.78 is 13.5. The van der Waals surface area contributed by atoms with Gasteiger partial charge in [0.25, 0.3) is 17.3 Å². The van der Waals surface area contributed by atoms with E-state index in [-0.39, 0.29) is 23.9 Å². The third-order valence-corrected chi connectivity index (χ3v) is 9.36. The number of aromatic amines is 1. The minimum absolute atomic E-state index is 0.104. The van der Waals surface area contributed by atoms with Crippen LogP contribution in [0.15, 0.2) is 29.6 Å². The third kappa shape index (κ3) is 4.70. The first-order valence-electron chi connectivity index (χ1n) is 14.5. The maximum atomic E-state index is 14.2. The molecular formula is C32H39N5O4. The molecule has 0 spiro atoms. The highest BCUT2D eigenvalue weighted by Crippen LogP contribution is 2.55. The number of pyridine rings is 1. The van der Waals surface area contributed by atoms with Gasteiger partial charge in [-0.25, -0.2) is 9.97 Å². The lowest BCUT2D eigenvalue weighted by Crippen LogP contribution is -2.46. The third-order valence-electron chi connectivity index (χ3n) is 9.36. The lowest BCUT2D eigenvalue weighted by molar-refractivity contribution is -0.123. The summed E-state index contributed by atoms with van der Waals surface area (Å²) in [7, 11) is 4.29. The van der Waals surface area contributed by atoms with Crippen molar-refractivity contribution in [2.45, 2.75) is 78.2 Å². The van der Waals surface area contributed by atoms with E-state index < -0.39 is 5.79 Å². The number of amides is 1. The smallest absolute Gasteiger partial charge is 0.254 e. The first-order chi connectivity index (χ1) is 19.6. The number of rotatable bonds is 5. The minimum atomic E-state index is -0.826. The van der Waals surface area contributed by atoms with Gasteiger partial charge in [0, 0.05) is 65.8 Å². The second-order valence-corrected chi connectivity index (χ2v) is 12.2. The SMILES string of the molecule is Cc1cc(C)c(CN2CCc3c(c(C)c4c(c3-c3cncnc3)OC(C)([C@H]3CC[C@H](N(C)C)CC3)O4)C2=O)c(=O)[nH]1. The fraction of sp³-hybridized carbons (Fsp3) is 0.500. The largest absolute Gasteiger partial charge is 0.448 e. The molecule has 1 aromatic carbocycles. The lowest BCUT2D eigenvalue weighted by Gasteiger charge is -2.39. The standard InChI is InChI=1S/C32H39N5O4/c1-18-13-19(2)35-30(38)25(18)16-37-12-11-24-26(31(37)39)20(3)28-29(27(24)21-14-33-17-34-15-21)41-32(4,40-28)22-7-9-23(10-8-22)36(5)6/h13-15,17,22-23H,7-12,16H2,1-6H3,(H,35,38)/t22-,23-,32?. The Hall–Kier alpha value is -3.72. The molecule has 0 saturated heterocycles. The topological polar surface area (TPSA) is 101 Å². The molecule has 3 aliphatic rings. The number of nitrogens with one attached hydrogen (secondary N) is 1. The van der Waals surface area contributed by atoms with E-state index in [0.717, 1.165) is 59.2 Å². The predicted octanol–water partition coefficient (Wildman–Crippen LogP) is 4.56. The van der Waals surface area contributed by atoms with Gasteiger partial charge in [-0.3, -0.25) is 9.59 Å². The van der Waals surface area contributed by atoms with Crippen LogP contribution in [0.3, 0.4) is 0 Å². The Balaban J connectivity index is 1.40. The Morgan fingerprint density at radius 2 is 1.71 bits per heavy atom. The molecular weight excluding hydrogens is 518 g/mol. The van der Waals surface area contributed by atoms with Crippen LogP contribution >= 0.6 is 0 Å². The number of aryl methyl sites for hydroxylation is 2. The summed E-state index contributed by atoms with van der Waals surface area (Å²) in [4.78, 5) is 42.5. The molecule has 1 fully saturated rings. The summed E-state index contributed by atoms with van der Waals surface area (Å²) >= 11 is 0. The van der Waals surface area contributed by atoms with E-state index >= 15 is 0 Å². The van der Waals surface area contributed by atoms with Crippen molar-refractivity contribution < 1.29 is 14.3 Å². The molecule has 0 radical (unpaired) electrons. The van der Waals surface area contributed by atoms with Gasteiger partial charge in [0.05, 0.1) is 12.1 Å². The Labute approximate surface area is 240 Å². The molecule has 4 heterocycles. The number of aromatic nitrogens is 3. The predicted molar refractivity (Wildman–Crippen MR) is 156 cm³/mol. The summed E-state index contributed by atoms with van der Waals surface area (Å²) in [5, 5.41) is 0. The molecule has 9 heteroatoms. The van der Waals surface area contributed by atoms with Gasteiger partial charge in [0.2, 0.25) is 0 Å². The van der Waals surface area contributed by atoms with Crippen LogP contribution in [-0.4, -0.2) is 63.1 Å². The van der Waals surface area contributed by atoms with Gasteiger partial charge in [0.1, 0.15) is 6.33 Å². The van der Waals surface area contributed by atoms with E-state index in [0.29, 0.717) is 41.6 Å². The van der Waals surface area contributed by atoms with E-state index in [1.165, 1.54) is 6.33 Å². The van der Waals surface area contributed by atoms with Crippen LogP contribution in [0.5, 0.6) is 11.5 Å². The van der Waals surface area contributed by atoms with Crippen LogP contribution in [0.25, 0.3) is 11.1 Å². The van der Waals surface area contributed by atoms with Crippen LogP contribution in [0.2, 0.25) is 0 Å². The van der Waals surface area contributed by atoms with Gasteiger partial charge in [-0.15, -0.1) is 0 Å². The average molecular weight is 558 g/mol. The Kier molecular flexibility index (Phi) is 6.88. The molecule has 1 aliphatic carbocycles. The van der Waals surface area contributed by atoms with Crippen LogP contribution in [0, 0.1) is 26.7 Å². The summed E-state index contributed by atoms with van der Waals surface area (Å²) in [5.74, 6) is 0.603. The van der Waals surface area contributed by atoms with Crippen molar-refractivity contribution in [1.82, 2.24) is 24.8 Å². The maximum Gasteiger partial charge on any atom is 0.254 e. The van der Waals surface area contributed by atoms with E-state index in [4.69, 9.17) is 9.47 Å². The van der Waals surface area contributed by atoms with Crippen LogP contribution < -0.4 is 15.0 Å².